The summed E-state index contributed by atoms with van der Waals surface area (Å²) in [6.07, 6.45) is 9.66. The predicted octanol–water partition coefficient (Wildman–Crippen LogP) is 3.27. The van der Waals surface area contributed by atoms with Gasteiger partial charge in [-0.3, -0.25) is 0 Å². The van der Waals surface area contributed by atoms with E-state index in [-0.39, 0.29) is 0 Å². The smallest absolute Gasteiger partial charge is 0.0133 e. The number of hydrogen-bond donors (Lipinski definition) is 0. The highest BCUT2D eigenvalue weighted by Gasteiger charge is 2.42. The molecule has 2 rings (SSSR count). The van der Waals surface area contributed by atoms with Crippen LogP contribution in [0.25, 0.3) is 0 Å². The van der Waals surface area contributed by atoms with E-state index >= 15 is 0 Å². The summed E-state index contributed by atoms with van der Waals surface area (Å²) < 4.78 is 1.59. The molecule has 1 saturated carbocycles. The lowest BCUT2D eigenvalue weighted by Gasteiger charge is -2.17. The van der Waals surface area contributed by atoms with Crippen molar-refractivity contribution in [3.05, 3.63) is 9.66 Å². The van der Waals surface area contributed by atoms with E-state index in [0.717, 1.165) is 5.41 Å². The van der Waals surface area contributed by atoms with Gasteiger partial charge in [-0.1, -0.05) is 6.08 Å². The number of rotatable bonds is 0. The van der Waals surface area contributed by atoms with Crippen LogP contribution in [0.4, 0.5) is 0 Å². The molecule has 0 saturated heterocycles. The lowest BCUT2D eigenvalue weighted by Crippen LogP contribution is -2.02. The molecule has 1 fully saturated rings. The summed E-state index contributed by atoms with van der Waals surface area (Å²) in [5.41, 5.74) is 0.828. The quantitative estimate of drug-likeness (QED) is 0.564. The van der Waals surface area contributed by atoms with E-state index in [1.165, 1.54) is 32.1 Å². The molecule has 0 aromatic carbocycles. The van der Waals surface area contributed by atoms with Crippen molar-refractivity contribution in [3.8, 4) is 0 Å². The van der Waals surface area contributed by atoms with E-state index < -0.39 is 0 Å². The molecule has 0 heterocycles. The summed E-state index contributed by atoms with van der Waals surface area (Å²) >= 11 is 2.46. The van der Waals surface area contributed by atoms with Crippen molar-refractivity contribution >= 4 is 22.6 Å². The van der Waals surface area contributed by atoms with Gasteiger partial charge in [-0.05, 0) is 63.7 Å². The standard InChI is InChI=1S/C8H11I/c9-7-1-3-8(4-2-7)5-6-8/h1H,2-6H2. The van der Waals surface area contributed by atoms with Crippen molar-refractivity contribution < 1.29 is 0 Å². The maximum atomic E-state index is 2.46. The van der Waals surface area contributed by atoms with Crippen molar-refractivity contribution in [1.82, 2.24) is 0 Å². The fourth-order valence-electron chi connectivity index (χ4n) is 1.55. The van der Waals surface area contributed by atoms with E-state index in [4.69, 9.17) is 0 Å². The first-order valence-electron chi connectivity index (χ1n) is 3.65. The van der Waals surface area contributed by atoms with Crippen molar-refractivity contribution in [1.29, 1.82) is 0 Å². The zero-order valence-electron chi connectivity index (χ0n) is 5.49. The minimum Gasteiger partial charge on any atom is -0.0747 e. The van der Waals surface area contributed by atoms with Crippen LogP contribution in [0.5, 0.6) is 0 Å². The van der Waals surface area contributed by atoms with Crippen LogP contribution in [0, 0.1) is 5.41 Å². The fourth-order valence-corrected chi connectivity index (χ4v) is 2.04. The molecule has 0 N–H and O–H groups in total. The van der Waals surface area contributed by atoms with Crippen LogP contribution < -0.4 is 0 Å². The molecule has 0 aromatic rings. The summed E-state index contributed by atoms with van der Waals surface area (Å²) in [4.78, 5) is 0. The SMILES string of the molecule is IC1=CCC2(CC1)CC2. The number of allylic oxidation sites excluding steroid dienone is 2. The van der Waals surface area contributed by atoms with E-state index in [1.54, 1.807) is 3.58 Å². The normalized spacial score (nSPS) is 30.1. The van der Waals surface area contributed by atoms with Gasteiger partial charge in [0.2, 0.25) is 0 Å². The first-order valence-corrected chi connectivity index (χ1v) is 4.73. The van der Waals surface area contributed by atoms with Gasteiger partial charge in [-0.2, -0.15) is 0 Å². The van der Waals surface area contributed by atoms with Gasteiger partial charge in [0.1, 0.15) is 0 Å². The second kappa shape index (κ2) is 1.97. The average molecular weight is 234 g/mol. The summed E-state index contributed by atoms with van der Waals surface area (Å²) in [5, 5.41) is 0. The van der Waals surface area contributed by atoms with Gasteiger partial charge in [0, 0.05) is 0 Å². The summed E-state index contributed by atoms with van der Waals surface area (Å²) in [7, 11) is 0. The maximum Gasteiger partial charge on any atom is -0.0133 e. The molecule has 0 radical (unpaired) electrons. The van der Waals surface area contributed by atoms with Crippen molar-refractivity contribution in [2.75, 3.05) is 0 Å². The Balaban J connectivity index is 2.07. The van der Waals surface area contributed by atoms with Crippen LogP contribution >= 0.6 is 22.6 Å². The van der Waals surface area contributed by atoms with Crippen molar-refractivity contribution in [2.45, 2.75) is 32.1 Å². The molecule has 1 spiro atoms. The van der Waals surface area contributed by atoms with Gasteiger partial charge >= 0.3 is 0 Å². The van der Waals surface area contributed by atoms with Crippen LogP contribution in [0.15, 0.2) is 9.66 Å². The third-order valence-corrected chi connectivity index (χ3v) is 3.59. The lowest BCUT2D eigenvalue weighted by molar-refractivity contribution is 0.459. The summed E-state index contributed by atoms with van der Waals surface area (Å²) in [6, 6.07) is 0. The van der Waals surface area contributed by atoms with Crippen LogP contribution in [-0.2, 0) is 0 Å². The zero-order valence-corrected chi connectivity index (χ0v) is 7.65. The van der Waals surface area contributed by atoms with Gasteiger partial charge in [-0.25, -0.2) is 0 Å². The summed E-state index contributed by atoms with van der Waals surface area (Å²) in [5.74, 6) is 0. The number of hydrogen-bond acceptors (Lipinski definition) is 0. The van der Waals surface area contributed by atoms with Gasteiger partial charge in [0.15, 0.2) is 0 Å². The number of halogens is 1. The summed E-state index contributed by atoms with van der Waals surface area (Å²) in [6.45, 7) is 0. The van der Waals surface area contributed by atoms with Gasteiger partial charge in [-0.15, -0.1) is 0 Å². The second-order valence-corrected chi connectivity index (χ2v) is 4.74. The van der Waals surface area contributed by atoms with Crippen molar-refractivity contribution in [2.24, 2.45) is 5.41 Å². The Morgan fingerprint density at radius 2 is 2.11 bits per heavy atom. The Morgan fingerprint density at radius 3 is 2.56 bits per heavy atom. The Kier molecular flexibility index (Phi) is 1.36. The topological polar surface area (TPSA) is 0 Å². The van der Waals surface area contributed by atoms with E-state index in [1.807, 2.05) is 0 Å². The molecular weight excluding hydrogens is 223 g/mol. The maximum absolute atomic E-state index is 2.46. The zero-order chi connectivity index (χ0) is 6.32. The van der Waals surface area contributed by atoms with Crippen LogP contribution in [-0.4, -0.2) is 0 Å². The molecule has 0 aromatic heterocycles. The molecular formula is C8H11I. The minimum atomic E-state index is 0.828. The first kappa shape index (κ1) is 6.20. The Bertz CT molecular complexity index is 154. The highest BCUT2D eigenvalue weighted by molar-refractivity contribution is 14.1. The minimum absolute atomic E-state index is 0.828. The highest BCUT2D eigenvalue weighted by atomic mass is 127. The van der Waals surface area contributed by atoms with E-state index in [9.17, 15) is 0 Å². The molecule has 0 nitrogen and oxygen atoms in total. The van der Waals surface area contributed by atoms with Gasteiger partial charge in [0.25, 0.3) is 0 Å². The van der Waals surface area contributed by atoms with E-state index in [0.29, 0.717) is 0 Å². The van der Waals surface area contributed by atoms with Crippen LogP contribution in [0.2, 0.25) is 0 Å². The monoisotopic (exact) mass is 234 g/mol. The first-order chi connectivity index (χ1) is 4.31. The fraction of sp³-hybridized carbons (Fsp3) is 0.750. The third-order valence-electron chi connectivity index (χ3n) is 2.61. The molecule has 0 bridgehead atoms. The second-order valence-electron chi connectivity index (χ2n) is 3.36. The molecule has 50 valence electrons. The van der Waals surface area contributed by atoms with Crippen LogP contribution in [0.3, 0.4) is 0 Å². The van der Waals surface area contributed by atoms with Crippen LogP contribution in [0.1, 0.15) is 32.1 Å². The molecule has 0 aliphatic heterocycles. The molecule has 0 atom stereocenters. The average Bonchev–Trinajstić information content (AvgIpc) is 2.60. The van der Waals surface area contributed by atoms with E-state index in [2.05, 4.69) is 28.7 Å². The lowest BCUT2D eigenvalue weighted by atomic mass is 9.92. The predicted molar refractivity (Wildman–Crippen MR) is 47.6 cm³/mol. The molecule has 9 heavy (non-hydrogen) atoms. The Morgan fingerprint density at radius 1 is 1.33 bits per heavy atom. The molecule has 1 heteroatoms. The Labute approximate surface area is 69.9 Å². The third kappa shape index (κ3) is 1.16. The van der Waals surface area contributed by atoms with Gasteiger partial charge < -0.3 is 0 Å². The Hall–Kier alpha value is 0.470. The van der Waals surface area contributed by atoms with Gasteiger partial charge in [0.05, 0.1) is 0 Å². The largest absolute Gasteiger partial charge is 0.0747 e. The molecule has 2 aliphatic rings. The van der Waals surface area contributed by atoms with Crippen molar-refractivity contribution in [3.63, 3.8) is 0 Å². The highest BCUT2D eigenvalue weighted by Crippen LogP contribution is 2.55. The molecule has 0 amide bonds. The molecule has 2 aliphatic carbocycles. The molecule has 0 unspecified atom stereocenters.